The average Bonchev–Trinajstić information content (AvgIpc) is 2.41. The Bertz CT molecular complexity index is 371. The summed E-state index contributed by atoms with van der Waals surface area (Å²) in [5, 5.41) is 8.94. The van der Waals surface area contributed by atoms with Gasteiger partial charge in [-0.25, -0.2) is 0 Å². The first-order valence-corrected chi connectivity index (χ1v) is 6.07. The lowest BCUT2D eigenvalue weighted by Crippen LogP contribution is -2.24. The number of carboxylic acid groups (broad SMARTS) is 1. The van der Waals surface area contributed by atoms with Crippen LogP contribution in [0.3, 0.4) is 0 Å². The van der Waals surface area contributed by atoms with Gasteiger partial charge >= 0.3 is 5.97 Å². The normalized spacial score (nSPS) is 11.7. The van der Waals surface area contributed by atoms with E-state index in [0.717, 1.165) is 5.56 Å². The van der Waals surface area contributed by atoms with Crippen molar-refractivity contribution in [2.24, 2.45) is 5.41 Å². The van der Waals surface area contributed by atoms with E-state index < -0.39 is 11.4 Å². The van der Waals surface area contributed by atoms with Crippen molar-refractivity contribution in [3.05, 3.63) is 20.3 Å². The third-order valence-electron chi connectivity index (χ3n) is 2.33. The van der Waals surface area contributed by atoms with Crippen LogP contribution in [0.15, 0.2) is 6.07 Å². The van der Waals surface area contributed by atoms with Gasteiger partial charge in [0.25, 0.3) is 0 Å². The lowest BCUT2D eigenvalue weighted by atomic mass is 9.87. The summed E-state index contributed by atoms with van der Waals surface area (Å²) in [4.78, 5) is 10.9. The molecule has 15 heavy (non-hydrogen) atoms. The van der Waals surface area contributed by atoms with Crippen LogP contribution in [0.4, 0.5) is 0 Å². The predicted molar refractivity (Wildman–Crippen MR) is 64.1 cm³/mol. The minimum atomic E-state index is -0.792. The van der Waals surface area contributed by atoms with Gasteiger partial charge in [-0.1, -0.05) is 23.2 Å². The van der Waals surface area contributed by atoms with Gasteiger partial charge in [0.05, 0.1) is 14.1 Å². The molecule has 0 unspecified atom stereocenters. The van der Waals surface area contributed by atoms with Crippen molar-refractivity contribution in [3.63, 3.8) is 0 Å². The van der Waals surface area contributed by atoms with E-state index >= 15 is 0 Å². The van der Waals surface area contributed by atoms with E-state index in [9.17, 15) is 4.79 Å². The molecule has 0 aromatic carbocycles. The fraction of sp³-hybridized carbons (Fsp3) is 0.500. The van der Waals surface area contributed by atoms with Crippen molar-refractivity contribution in [2.75, 3.05) is 0 Å². The van der Waals surface area contributed by atoms with Crippen LogP contribution in [-0.4, -0.2) is 11.1 Å². The zero-order valence-corrected chi connectivity index (χ0v) is 10.8. The number of carbonyl (C=O) groups is 1. The van der Waals surface area contributed by atoms with Crippen molar-refractivity contribution in [1.29, 1.82) is 0 Å². The Morgan fingerprint density at radius 3 is 2.53 bits per heavy atom. The lowest BCUT2D eigenvalue weighted by Gasteiger charge is -2.18. The third kappa shape index (κ3) is 3.37. The molecule has 0 aliphatic rings. The summed E-state index contributed by atoms with van der Waals surface area (Å²) in [6, 6.07) is 1.80. The van der Waals surface area contributed by atoms with E-state index in [1.807, 2.05) is 0 Å². The molecular formula is C10H12Cl2O2S. The Hall–Kier alpha value is -0.250. The van der Waals surface area contributed by atoms with Gasteiger partial charge in [-0.2, -0.15) is 0 Å². The summed E-state index contributed by atoms with van der Waals surface area (Å²) in [6.07, 6.45) is 1.19. The maximum Gasteiger partial charge on any atom is 0.309 e. The Morgan fingerprint density at radius 2 is 2.13 bits per heavy atom. The molecule has 0 radical (unpaired) electrons. The first-order chi connectivity index (χ1) is 6.83. The van der Waals surface area contributed by atoms with Crippen molar-refractivity contribution in [1.82, 2.24) is 0 Å². The summed E-state index contributed by atoms with van der Waals surface area (Å²) in [6.45, 7) is 3.41. The van der Waals surface area contributed by atoms with Gasteiger partial charge in [0, 0.05) is 0 Å². The molecule has 84 valence electrons. The summed E-state index contributed by atoms with van der Waals surface area (Å²) in [5.74, 6) is -0.792. The highest BCUT2D eigenvalue weighted by molar-refractivity contribution is 7.20. The fourth-order valence-corrected chi connectivity index (χ4v) is 2.64. The first-order valence-electron chi connectivity index (χ1n) is 4.50. The number of aliphatic carboxylic acids is 1. The fourth-order valence-electron chi connectivity index (χ4n) is 1.10. The van der Waals surface area contributed by atoms with E-state index in [4.69, 9.17) is 28.3 Å². The van der Waals surface area contributed by atoms with Crippen molar-refractivity contribution < 1.29 is 9.90 Å². The second kappa shape index (κ2) is 4.73. The predicted octanol–water partition coefficient (Wildman–Crippen LogP) is 4.10. The summed E-state index contributed by atoms with van der Waals surface area (Å²) < 4.78 is 1.30. The molecule has 0 spiro atoms. The number of rotatable bonds is 4. The molecule has 0 atom stereocenters. The Kier molecular flexibility index (Phi) is 4.04. The molecule has 0 fully saturated rings. The SMILES string of the molecule is CC(C)(CCc1cc(Cl)sc1Cl)C(=O)O. The van der Waals surface area contributed by atoms with E-state index in [1.54, 1.807) is 19.9 Å². The van der Waals surface area contributed by atoms with Gasteiger partial charge in [-0.05, 0) is 38.3 Å². The number of hydrogen-bond acceptors (Lipinski definition) is 2. The minimum Gasteiger partial charge on any atom is -0.481 e. The molecule has 1 rings (SSSR count). The molecule has 0 saturated carbocycles. The second-order valence-electron chi connectivity index (χ2n) is 4.04. The number of thiophene rings is 1. The molecular weight excluding hydrogens is 255 g/mol. The monoisotopic (exact) mass is 266 g/mol. The minimum absolute atomic E-state index is 0.551. The van der Waals surface area contributed by atoms with Crippen LogP contribution >= 0.6 is 34.5 Å². The lowest BCUT2D eigenvalue weighted by molar-refractivity contribution is -0.147. The highest BCUT2D eigenvalue weighted by Crippen LogP contribution is 2.34. The van der Waals surface area contributed by atoms with Crippen LogP contribution in [0.25, 0.3) is 0 Å². The van der Waals surface area contributed by atoms with Crippen LogP contribution in [0.5, 0.6) is 0 Å². The zero-order chi connectivity index (χ0) is 11.6. The largest absolute Gasteiger partial charge is 0.481 e. The van der Waals surface area contributed by atoms with Crippen molar-refractivity contribution >= 4 is 40.5 Å². The van der Waals surface area contributed by atoms with Crippen LogP contribution in [0.2, 0.25) is 8.67 Å². The molecule has 0 aliphatic heterocycles. The Labute approximate surface area is 103 Å². The average molecular weight is 267 g/mol. The summed E-state index contributed by atoms with van der Waals surface area (Å²) in [5.41, 5.74) is 0.207. The van der Waals surface area contributed by atoms with E-state index in [1.165, 1.54) is 11.3 Å². The van der Waals surface area contributed by atoms with Crippen molar-refractivity contribution in [3.8, 4) is 0 Å². The maximum atomic E-state index is 10.9. The molecule has 2 nitrogen and oxygen atoms in total. The van der Waals surface area contributed by atoms with E-state index in [-0.39, 0.29) is 0 Å². The first kappa shape index (κ1) is 12.8. The number of aryl methyl sites for hydroxylation is 1. The third-order valence-corrected chi connectivity index (χ3v) is 3.89. The maximum absolute atomic E-state index is 10.9. The smallest absolute Gasteiger partial charge is 0.309 e. The number of halogens is 2. The number of carboxylic acids is 1. The highest BCUT2D eigenvalue weighted by Gasteiger charge is 2.27. The second-order valence-corrected chi connectivity index (χ2v) is 6.32. The van der Waals surface area contributed by atoms with Crippen LogP contribution < -0.4 is 0 Å². The zero-order valence-electron chi connectivity index (χ0n) is 8.51. The molecule has 5 heteroatoms. The van der Waals surface area contributed by atoms with Crippen LogP contribution in [0, 0.1) is 5.41 Å². The molecule has 0 aliphatic carbocycles. The molecule has 1 aromatic rings. The van der Waals surface area contributed by atoms with Gasteiger partial charge in [0.1, 0.15) is 0 Å². The molecule has 0 amide bonds. The standard InChI is InChI=1S/C10H12Cl2O2S/c1-10(2,9(13)14)4-3-6-5-7(11)15-8(6)12/h5H,3-4H2,1-2H3,(H,13,14). The van der Waals surface area contributed by atoms with Crippen LogP contribution in [0.1, 0.15) is 25.8 Å². The Balaban J connectivity index is 2.65. The summed E-state index contributed by atoms with van der Waals surface area (Å²) >= 11 is 13.0. The van der Waals surface area contributed by atoms with Crippen molar-refractivity contribution in [2.45, 2.75) is 26.7 Å². The number of hydrogen-bond donors (Lipinski definition) is 1. The topological polar surface area (TPSA) is 37.3 Å². The molecule has 0 saturated heterocycles. The van der Waals surface area contributed by atoms with Crippen LogP contribution in [-0.2, 0) is 11.2 Å². The molecule has 1 N–H and O–H groups in total. The molecule has 1 heterocycles. The Morgan fingerprint density at radius 1 is 1.53 bits per heavy atom. The van der Waals surface area contributed by atoms with Gasteiger partial charge in [0.2, 0.25) is 0 Å². The van der Waals surface area contributed by atoms with Gasteiger partial charge < -0.3 is 5.11 Å². The van der Waals surface area contributed by atoms with Gasteiger partial charge in [-0.3, -0.25) is 4.79 Å². The van der Waals surface area contributed by atoms with E-state index in [2.05, 4.69) is 0 Å². The molecule has 0 bridgehead atoms. The molecule has 1 aromatic heterocycles. The van der Waals surface area contributed by atoms with E-state index in [0.29, 0.717) is 21.5 Å². The highest BCUT2D eigenvalue weighted by atomic mass is 35.5. The van der Waals surface area contributed by atoms with Gasteiger partial charge in [0.15, 0.2) is 0 Å². The summed E-state index contributed by atoms with van der Waals surface area (Å²) in [7, 11) is 0. The van der Waals surface area contributed by atoms with Gasteiger partial charge in [-0.15, -0.1) is 11.3 Å². The quantitative estimate of drug-likeness (QED) is 0.891.